The third-order valence-corrected chi connectivity index (χ3v) is 4.37. The molecule has 0 aliphatic rings. The van der Waals surface area contributed by atoms with Crippen LogP contribution in [0.15, 0.2) is 18.2 Å². The van der Waals surface area contributed by atoms with Crippen LogP contribution in [-0.2, 0) is 20.7 Å². The number of aryl methyl sites for hydroxylation is 1. The molecular formula is C18H24Cl2O4. The average molecular weight is 375 g/mol. The van der Waals surface area contributed by atoms with E-state index in [0.29, 0.717) is 16.5 Å². The molecule has 0 bridgehead atoms. The summed E-state index contributed by atoms with van der Waals surface area (Å²) in [6.45, 7) is 0. The van der Waals surface area contributed by atoms with E-state index < -0.39 is 12.1 Å². The maximum atomic E-state index is 11.5. The summed E-state index contributed by atoms with van der Waals surface area (Å²) in [7, 11) is 1.24. The summed E-state index contributed by atoms with van der Waals surface area (Å²) in [6.07, 6.45) is 4.39. The maximum Gasteiger partial charge on any atom is 0.313 e. The van der Waals surface area contributed by atoms with E-state index in [0.717, 1.165) is 37.7 Å². The third kappa shape index (κ3) is 8.67. The minimum absolute atomic E-state index is 0.00941. The lowest BCUT2D eigenvalue weighted by Crippen LogP contribution is -2.16. The molecule has 1 rings (SSSR count). The molecule has 6 heteroatoms. The fourth-order valence-electron chi connectivity index (χ4n) is 2.44. The van der Waals surface area contributed by atoms with Crippen LogP contribution in [0.25, 0.3) is 0 Å². The molecule has 0 spiro atoms. The summed E-state index contributed by atoms with van der Waals surface area (Å²) < 4.78 is 4.42. The highest BCUT2D eigenvalue weighted by atomic mass is 35.5. The molecule has 134 valence electrons. The summed E-state index contributed by atoms with van der Waals surface area (Å²) >= 11 is 12.0. The van der Waals surface area contributed by atoms with E-state index in [9.17, 15) is 14.7 Å². The predicted molar refractivity (Wildman–Crippen MR) is 95.5 cm³/mol. The van der Waals surface area contributed by atoms with Crippen molar-refractivity contribution in [2.75, 3.05) is 7.11 Å². The Morgan fingerprint density at radius 2 is 1.88 bits per heavy atom. The van der Waals surface area contributed by atoms with Crippen LogP contribution in [0.2, 0.25) is 10.0 Å². The minimum Gasteiger partial charge on any atom is -0.469 e. The third-order valence-electron chi connectivity index (χ3n) is 3.78. The molecule has 1 unspecified atom stereocenters. The topological polar surface area (TPSA) is 63.6 Å². The van der Waals surface area contributed by atoms with Crippen LogP contribution in [0.5, 0.6) is 0 Å². The molecule has 0 aromatic heterocycles. The second-order valence-corrected chi connectivity index (χ2v) is 6.68. The van der Waals surface area contributed by atoms with E-state index in [-0.39, 0.29) is 18.6 Å². The number of benzene rings is 1. The number of esters is 1. The summed E-state index contributed by atoms with van der Waals surface area (Å²) in [5.41, 5.74) is 1.09. The number of hydrogen-bond acceptors (Lipinski definition) is 4. The molecule has 0 radical (unpaired) electrons. The Balaban J connectivity index is 2.11. The highest BCUT2D eigenvalue weighted by Gasteiger charge is 2.14. The molecule has 1 aromatic rings. The number of ether oxygens (including phenoxy) is 1. The van der Waals surface area contributed by atoms with E-state index in [4.69, 9.17) is 23.2 Å². The number of carbonyl (C=O) groups excluding carboxylic acids is 2. The number of carbonyl (C=O) groups is 2. The standard InChI is InChI=1S/C18H24Cl2O4/c1-24-18(23)12-16(22)11-15(21)7-5-3-2-4-6-13-8-9-14(19)10-17(13)20/h8-10,15,21H,2-7,11-12H2,1H3. The number of aliphatic hydroxyl groups excluding tert-OH is 1. The number of Topliss-reactive ketones (excluding diaryl/α,β-unsaturated/α-hetero) is 1. The molecule has 0 aliphatic heterocycles. The monoisotopic (exact) mass is 374 g/mol. The van der Waals surface area contributed by atoms with Gasteiger partial charge in [0.15, 0.2) is 0 Å². The van der Waals surface area contributed by atoms with Gasteiger partial charge in [-0.1, -0.05) is 48.5 Å². The molecular weight excluding hydrogens is 351 g/mol. The smallest absolute Gasteiger partial charge is 0.313 e. The lowest BCUT2D eigenvalue weighted by atomic mass is 10.0. The SMILES string of the molecule is COC(=O)CC(=O)CC(O)CCCCCCc1ccc(Cl)cc1Cl. The van der Waals surface area contributed by atoms with Gasteiger partial charge in [0.1, 0.15) is 12.2 Å². The van der Waals surface area contributed by atoms with Crippen molar-refractivity contribution in [2.24, 2.45) is 0 Å². The van der Waals surface area contributed by atoms with Gasteiger partial charge in [-0.05, 0) is 37.0 Å². The van der Waals surface area contributed by atoms with Crippen molar-refractivity contribution >= 4 is 35.0 Å². The van der Waals surface area contributed by atoms with Crippen molar-refractivity contribution in [1.29, 1.82) is 0 Å². The van der Waals surface area contributed by atoms with Gasteiger partial charge in [-0.2, -0.15) is 0 Å². The minimum atomic E-state index is -0.687. The molecule has 1 N–H and O–H groups in total. The molecule has 0 saturated heterocycles. The average Bonchev–Trinajstić information content (AvgIpc) is 2.52. The summed E-state index contributed by atoms with van der Waals surface area (Å²) in [4.78, 5) is 22.4. The number of aliphatic hydroxyl groups is 1. The number of rotatable bonds is 11. The zero-order chi connectivity index (χ0) is 17.9. The van der Waals surface area contributed by atoms with Crippen molar-refractivity contribution in [3.63, 3.8) is 0 Å². The first-order chi connectivity index (χ1) is 11.4. The molecule has 0 saturated carbocycles. The Labute approximate surface area is 153 Å². The highest BCUT2D eigenvalue weighted by Crippen LogP contribution is 2.23. The van der Waals surface area contributed by atoms with E-state index in [1.165, 1.54) is 7.11 Å². The zero-order valence-corrected chi connectivity index (χ0v) is 15.4. The molecule has 1 aromatic carbocycles. The first-order valence-corrected chi connectivity index (χ1v) is 8.88. The molecule has 4 nitrogen and oxygen atoms in total. The number of ketones is 1. The molecule has 24 heavy (non-hydrogen) atoms. The fraction of sp³-hybridized carbons (Fsp3) is 0.556. The van der Waals surface area contributed by atoms with Crippen molar-refractivity contribution in [3.8, 4) is 0 Å². The van der Waals surface area contributed by atoms with Crippen molar-refractivity contribution in [2.45, 2.75) is 57.5 Å². The summed E-state index contributed by atoms with van der Waals surface area (Å²) in [5.74, 6) is -0.847. The van der Waals surface area contributed by atoms with Gasteiger partial charge in [-0.3, -0.25) is 9.59 Å². The highest BCUT2D eigenvalue weighted by molar-refractivity contribution is 6.35. The van der Waals surface area contributed by atoms with Gasteiger partial charge >= 0.3 is 5.97 Å². The number of unbranched alkanes of at least 4 members (excludes halogenated alkanes) is 3. The first-order valence-electron chi connectivity index (χ1n) is 8.13. The van der Waals surface area contributed by atoms with Crippen molar-refractivity contribution in [1.82, 2.24) is 0 Å². The van der Waals surface area contributed by atoms with Gasteiger partial charge < -0.3 is 9.84 Å². The quantitative estimate of drug-likeness (QED) is 0.354. The fourth-order valence-corrected chi connectivity index (χ4v) is 2.95. The van der Waals surface area contributed by atoms with Crippen molar-refractivity contribution < 1.29 is 19.4 Å². The van der Waals surface area contributed by atoms with Crippen LogP contribution in [-0.4, -0.2) is 30.1 Å². The largest absolute Gasteiger partial charge is 0.469 e. The molecule has 0 heterocycles. The van der Waals surface area contributed by atoms with Crippen LogP contribution in [0, 0.1) is 0 Å². The molecule has 0 amide bonds. The molecule has 1 atom stereocenters. The lowest BCUT2D eigenvalue weighted by Gasteiger charge is -2.09. The second-order valence-electron chi connectivity index (χ2n) is 5.84. The summed E-state index contributed by atoms with van der Waals surface area (Å²) in [6, 6.07) is 5.53. The Bertz CT molecular complexity index is 546. The number of methoxy groups -OCH3 is 1. The van der Waals surface area contributed by atoms with Gasteiger partial charge in [0.25, 0.3) is 0 Å². The van der Waals surface area contributed by atoms with Gasteiger partial charge in [0, 0.05) is 16.5 Å². The normalized spacial score (nSPS) is 12.0. The number of hydrogen-bond donors (Lipinski definition) is 1. The van der Waals surface area contributed by atoms with E-state index >= 15 is 0 Å². The Morgan fingerprint density at radius 3 is 2.54 bits per heavy atom. The predicted octanol–water partition coefficient (Wildman–Crippen LogP) is 4.37. The Hall–Kier alpha value is -1.10. The van der Waals surface area contributed by atoms with Crippen LogP contribution in [0.3, 0.4) is 0 Å². The van der Waals surface area contributed by atoms with Crippen LogP contribution in [0.1, 0.15) is 50.5 Å². The van der Waals surface area contributed by atoms with E-state index in [1.807, 2.05) is 12.1 Å². The summed E-state index contributed by atoms with van der Waals surface area (Å²) in [5, 5.41) is 11.1. The van der Waals surface area contributed by atoms with E-state index in [2.05, 4.69) is 4.74 Å². The van der Waals surface area contributed by atoms with Crippen LogP contribution >= 0.6 is 23.2 Å². The van der Waals surface area contributed by atoms with Crippen LogP contribution in [0.4, 0.5) is 0 Å². The van der Waals surface area contributed by atoms with Gasteiger partial charge in [0.2, 0.25) is 0 Å². The van der Waals surface area contributed by atoms with Gasteiger partial charge in [-0.15, -0.1) is 0 Å². The Kier molecular flexibility index (Phi) is 9.99. The van der Waals surface area contributed by atoms with Gasteiger partial charge in [-0.25, -0.2) is 0 Å². The molecule has 0 fully saturated rings. The zero-order valence-electron chi connectivity index (χ0n) is 13.9. The first kappa shape index (κ1) is 20.9. The second kappa shape index (κ2) is 11.5. The maximum absolute atomic E-state index is 11.5. The Morgan fingerprint density at radius 1 is 1.17 bits per heavy atom. The van der Waals surface area contributed by atoms with Crippen LogP contribution < -0.4 is 0 Å². The lowest BCUT2D eigenvalue weighted by molar-refractivity contribution is -0.143. The molecule has 0 aliphatic carbocycles. The van der Waals surface area contributed by atoms with Gasteiger partial charge in [0.05, 0.1) is 13.2 Å². The van der Waals surface area contributed by atoms with E-state index in [1.54, 1.807) is 6.07 Å². The number of halogens is 2. The van der Waals surface area contributed by atoms with Crippen molar-refractivity contribution in [3.05, 3.63) is 33.8 Å².